The lowest BCUT2D eigenvalue weighted by Gasteiger charge is -2.07. The molecule has 2 aromatic rings. The number of carbonyl (C=O) groups excluding carboxylic acids is 2. The number of para-hydroxylation sites is 1. The molecule has 0 saturated carbocycles. The molecule has 0 radical (unpaired) electrons. The van der Waals surface area contributed by atoms with Crippen LogP contribution in [-0.4, -0.2) is 30.3 Å². The van der Waals surface area contributed by atoms with E-state index < -0.39 is 6.09 Å². The number of benzene rings is 1. The monoisotopic (exact) mass is 331 g/mol. The van der Waals surface area contributed by atoms with Crippen LogP contribution in [0.5, 0.6) is 0 Å². The first-order valence-corrected chi connectivity index (χ1v) is 8.58. The molecule has 24 heavy (non-hydrogen) atoms. The fourth-order valence-corrected chi connectivity index (χ4v) is 2.66. The van der Waals surface area contributed by atoms with Crippen molar-refractivity contribution in [1.82, 2.24) is 4.57 Å². The maximum atomic E-state index is 12.1. The molecule has 0 unspecified atom stereocenters. The van der Waals surface area contributed by atoms with E-state index >= 15 is 0 Å². The highest BCUT2D eigenvalue weighted by Crippen LogP contribution is 2.20. The molecule has 2 rings (SSSR count). The van der Waals surface area contributed by atoms with Crippen LogP contribution in [0.1, 0.15) is 55.8 Å². The van der Waals surface area contributed by atoms with Gasteiger partial charge in [0.1, 0.15) is 0 Å². The lowest BCUT2D eigenvalue weighted by atomic mass is 10.1. The number of nitrogens with zero attached hydrogens (tertiary/aromatic N) is 1. The molecule has 0 aliphatic rings. The molecular weight excluding hydrogens is 306 g/mol. The molecule has 1 aromatic carbocycles. The minimum Gasteiger partial charge on any atom is -0.422 e. The second-order valence-corrected chi connectivity index (χ2v) is 5.79. The van der Waals surface area contributed by atoms with Crippen molar-refractivity contribution in [2.24, 2.45) is 0 Å². The number of fused-ring (bicyclic) bond motifs is 1. The van der Waals surface area contributed by atoms with Crippen LogP contribution in [0.2, 0.25) is 0 Å². The summed E-state index contributed by atoms with van der Waals surface area (Å²) in [6.07, 6.45) is 8.82. The van der Waals surface area contributed by atoms with Crippen LogP contribution in [-0.2, 0) is 9.47 Å². The first-order valence-electron chi connectivity index (χ1n) is 8.58. The maximum absolute atomic E-state index is 12.1. The van der Waals surface area contributed by atoms with Crippen molar-refractivity contribution >= 4 is 23.3 Å². The lowest BCUT2D eigenvalue weighted by molar-refractivity contribution is -0.0155. The zero-order chi connectivity index (χ0) is 17.2. The molecule has 0 atom stereocenters. The van der Waals surface area contributed by atoms with E-state index in [1.165, 1.54) is 36.4 Å². The second kappa shape index (κ2) is 9.88. The Balaban J connectivity index is 1.74. The summed E-state index contributed by atoms with van der Waals surface area (Å²) in [6, 6.07) is 7.23. The Morgan fingerprint density at radius 3 is 2.67 bits per heavy atom. The number of aromatic nitrogens is 1. The number of ether oxygens (including phenoxy) is 2. The van der Waals surface area contributed by atoms with Crippen molar-refractivity contribution in [3.63, 3.8) is 0 Å². The smallest absolute Gasteiger partial charge is 0.420 e. The molecule has 5 heteroatoms. The maximum Gasteiger partial charge on any atom is 0.420 e. The van der Waals surface area contributed by atoms with Gasteiger partial charge in [-0.15, -0.1) is 0 Å². The number of hydrogen-bond donors (Lipinski definition) is 0. The minimum absolute atomic E-state index is 0.0727. The minimum atomic E-state index is -0.540. The van der Waals surface area contributed by atoms with Crippen LogP contribution in [0.15, 0.2) is 30.5 Å². The van der Waals surface area contributed by atoms with Crippen LogP contribution in [0, 0.1) is 0 Å². The number of rotatable bonds is 10. The van der Waals surface area contributed by atoms with Crippen molar-refractivity contribution in [3.8, 4) is 0 Å². The van der Waals surface area contributed by atoms with E-state index in [9.17, 15) is 9.59 Å². The van der Waals surface area contributed by atoms with Crippen LogP contribution in [0.25, 0.3) is 10.9 Å². The first kappa shape index (κ1) is 18.2. The van der Waals surface area contributed by atoms with E-state index in [1.807, 2.05) is 12.1 Å². The largest absolute Gasteiger partial charge is 0.422 e. The van der Waals surface area contributed by atoms with Crippen molar-refractivity contribution in [1.29, 1.82) is 0 Å². The number of unbranched alkanes of at least 4 members (excludes halogenated alkanes) is 5. The molecule has 0 aliphatic carbocycles. The lowest BCUT2D eigenvalue weighted by Crippen LogP contribution is -2.15. The zero-order valence-corrected chi connectivity index (χ0v) is 14.2. The van der Waals surface area contributed by atoms with Crippen LogP contribution in [0.3, 0.4) is 0 Å². The third-order valence-electron chi connectivity index (χ3n) is 3.97. The standard InChI is InChI=1S/C19H25NO4/c1-2-3-4-5-6-9-12-23-15-24-19(22)20-13-16(14-21)17-10-7-8-11-18(17)20/h7-8,10-11,13-14H,2-6,9,12,15H2,1H3. The summed E-state index contributed by atoms with van der Waals surface area (Å²) in [5.41, 5.74) is 1.12. The number of hydrogen-bond acceptors (Lipinski definition) is 4. The first-order chi connectivity index (χ1) is 11.8. The predicted molar refractivity (Wildman–Crippen MR) is 93.4 cm³/mol. The molecule has 0 saturated heterocycles. The fraction of sp³-hybridized carbons (Fsp3) is 0.474. The average molecular weight is 331 g/mol. The Bertz CT molecular complexity index is 662. The number of carbonyl (C=O) groups is 2. The van der Waals surface area contributed by atoms with Crippen LogP contribution in [0.4, 0.5) is 4.79 Å². The van der Waals surface area contributed by atoms with Crippen LogP contribution < -0.4 is 0 Å². The van der Waals surface area contributed by atoms with Gasteiger partial charge in [0.25, 0.3) is 0 Å². The molecule has 0 N–H and O–H groups in total. The van der Waals surface area contributed by atoms with E-state index in [4.69, 9.17) is 9.47 Å². The van der Waals surface area contributed by atoms with E-state index in [1.54, 1.807) is 12.1 Å². The molecule has 0 fully saturated rings. The van der Waals surface area contributed by atoms with Gasteiger partial charge in [-0.25, -0.2) is 4.79 Å². The van der Waals surface area contributed by atoms with Gasteiger partial charge in [0.05, 0.1) is 12.1 Å². The summed E-state index contributed by atoms with van der Waals surface area (Å²) in [5.74, 6) is 0. The predicted octanol–water partition coefficient (Wildman–Crippen LogP) is 4.77. The quantitative estimate of drug-likeness (QED) is 0.357. The highest BCUT2D eigenvalue weighted by Gasteiger charge is 2.13. The molecule has 0 bridgehead atoms. The normalized spacial score (nSPS) is 10.9. The summed E-state index contributed by atoms with van der Waals surface area (Å²) in [6.45, 7) is 2.71. The molecule has 1 heterocycles. The van der Waals surface area contributed by atoms with Gasteiger partial charge in [-0.2, -0.15) is 0 Å². The Kier molecular flexibility index (Phi) is 7.49. The second-order valence-electron chi connectivity index (χ2n) is 5.79. The van der Waals surface area contributed by atoms with Gasteiger partial charge < -0.3 is 9.47 Å². The summed E-state index contributed by atoms with van der Waals surface area (Å²) in [7, 11) is 0. The Morgan fingerprint density at radius 1 is 1.12 bits per heavy atom. The van der Waals surface area contributed by atoms with Crippen molar-refractivity contribution in [2.45, 2.75) is 45.4 Å². The molecule has 0 amide bonds. The molecular formula is C19H25NO4. The highest BCUT2D eigenvalue weighted by atomic mass is 16.7. The van der Waals surface area contributed by atoms with Gasteiger partial charge in [0.2, 0.25) is 0 Å². The van der Waals surface area contributed by atoms with Gasteiger partial charge in [-0.1, -0.05) is 57.2 Å². The van der Waals surface area contributed by atoms with Crippen molar-refractivity contribution in [2.75, 3.05) is 13.4 Å². The van der Waals surface area contributed by atoms with E-state index in [0.29, 0.717) is 17.7 Å². The van der Waals surface area contributed by atoms with E-state index in [-0.39, 0.29) is 6.79 Å². The van der Waals surface area contributed by atoms with E-state index in [2.05, 4.69) is 6.92 Å². The highest BCUT2D eigenvalue weighted by molar-refractivity contribution is 6.01. The zero-order valence-electron chi connectivity index (χ0n) is 14.2. The molecule has 1 aromatic heterocycles. The van der Waals surface area contributed by atoms with Gasteiger partial charge >= 0.3 is 6.09 Å². The summed E-state index contributed by atoms with van der Waals surface area (Å²) < 4.78 is 11.8. The molecule has 130 valence electrons. The third kappa shape index (κ3) is 4.93. The van der Waals surface area contributed by atoms with Gasteiger partial charge in [0, 0.05) is 17.1 Å². The number of aldehydes is 1. The summed E-state index contributed by atoms with van der Waals surface area (Å²) in [5, 5.41) is 0.734. The molecule has 5 nitrogen and oxygen atoms in total. The Labute approximate surface area is 142 Å². The van der Waals surface area contributed by atoms with Crippen LogP contribution >= 0.6 is 0 Å². The topological polar surface area (TPSA) is 57.5 Å². The molecule has 0 spiro atoms. The SMILES string of the molecule is CCCCCCCCOCOC(=O)n1cc(C=O)c2ccccc21. The van der Waals surface area contributed by atoms with Gasteiger partial charge in [-0.05, 0) is 12.5 Å². The van der Waals surface area contributed by atoms with Gasteiger partial charge in [0.15, 0.2) is 13.1 Å². The molecule has 0 aliphatic heterocycles. The Hall–Kier alpha value is -2.14. The average Bonchev–Trinajstić information content (AvgIpc) is 2.99. The summed E-state index contributed by atoms with van der Waals surface area (Å²) >= 11 is 0. The van der Waals surface area contributed by atoms with Crippen molar-refractivity contribution < 1.29 is 19.1 Å². The summed E-state index contributed by atoms with van der Waals surface area (Å²) in [4.78, 5) is 23.2. The van der Waals surface area contributed by atoms with E-state index in [0.717, 1.165) is 24.5 Å². The third-order valence-corrected chi connectivity index (χ3v) is 3.97. The fourth-order valence-electron chi connectivity index (χ4n) is 2.66. The van der Waals surface area contributed by atoms with Crippen molar-refractivity contribution in [3.05, 3.63) is 36.0 Å². The Morgan fingerprint density at radius 2 is 1.88 bits per heavy atom. The van der Waals surface area contributed by atoms with Gasteiger partial charge in [-0.3, -0.25) is 9.36 Å².